The molecule has 0 spiro atoms. The average Bonchev–Trinajstić information content (AvgIpc) is 2.54. The second-order valence-electron chi connectivity index (χ2n) is 5.17. The molecule has 3 heteroatoms. The van der Waals surface area contributed by atoms with Crippen molar-refractivity contribution in [3.8, 4) is 11.4 Å². The summed E-state index contributed by atoms with van der Waals surface area (Å²) < 4.78 is 0. The van der Waals surface area contributed by atoms with Gasteiger partial charge in [0, 0.05) is 29.8 Å². The average molecular weight is 285 g/mol. The zero-order valence-corrected chi connectivity index (χ0v) is 13.5. The van der Waals surface area contributed by atoms with Crippen LogP contribution in [0.3, 0.4) is 0 Å². The van der Waals surface area contributed by atoms with Gasteiger partial charge in [0.25, 0.3) is 0 Å². The maximum atomic E-state index is 4.18. The van der Waals surface area contributed by atoms with Crippen molar-refractivity contribution in [2.45, 2.75) is 59.3 Å². The number of hydrogen-bond donors (Lipinski definition) is 0. The van der Waals surface area contributed by atoms with Gasteiger partial charge in [-0.2, -0.15) is 0 Å². The Morgan fingerprint density at radius 3 is 1.90 bits per heavy atom. The zero-order chi connectivity index (χ0) is 15.3. The van der Waals surface area contributed by atoms with Gasteiger partial charge in [-0.25, -0.2) is 9.97 Å². The Morgan fingerprint density at radius 2 is 1.43 bits per heavy atom. The SMILES string of the molecule is CCCCCCCC.Cc1ccc(-c2ncccn2)cn1. The third kappa shape index (κ3) is 7.54. The summed E-state index contributed by atoms with van der Waals surface area (Å²) in [5, 5.41) is 0. The predicted molar refractivity (Wildman–Crippen MR) is 89.1 cm³/mol. The molecule has 3 nitrogen and oxygen atoms in total. The number of pyridine rings is 1. The molecule has 0 aromatic carbocycles. The first-order valence-corrected chi connectivity index (χ1v) is 7.98. The minimum absolute atomic E-state index is 0.718. The Labute approximate surface area is 128 Å². The third-order valence-corrected chi connectivity index (χ3v) is 3.19. The van der Waals surface area contributed by atoms with Crippen molar-refractivity contribution >= 4 is 0 Å². The summed E-state index contributed by atoms with van der Waals surface area (Å²) in [4.78, 5) is 12.4. The van der Waals surface area contributed by atoms with Crippen molar-refractivity contribution < 1.29 is 0 Å². The van der Waals surface area contributed by atoms with Crippen molar-refractivity contribution in [2.75, 3.05) is 0 Å². The summed E-state index contributed by atoms with van der Waals surface area (Å²) in [6, 6.07) is 5.72. The van der Waals surface area contributed by atoms with Crippen LogP contribution in [0.1, 0.15) is 58.1 Å². The molecule has 114 valence electrons. The number of rotatable bonds is 6. The molecule has 0 radical (unpaired) electrons. The number of aryl methyl sites for hydroxylation is 1. The van der Waals surface area contributed by atoms with Crippen LogP contribution in [-0.4, -0.2) is 15.0 Å². The molecule has 0 saturated carbocycles. The fourth-order valence-corrected chi connectivity index (χ4v) is 1.90. The van der Waals surface area contributed by atoms with E-state index in [0.717, 1.165) is 17.1 Å². The molecular weight excluding hydrogens is 258 g/mol. The predicted octanol–water partition coefficient (Wildman–Crippen LogP) is 5.21. The highest BCUT2D eigenvalue weighted by Gasteiger charge is 1.98. The molecule has 21 heavy (non-hydrogen) atoms. The van der Waals surface area contributed by atoms with Crippen LogP contribution < -0.4 is 0 Å². The summed E-state index contributed by atoms with van der Waals surface area (Å²) in [6.45, 7) is 6.47. The Hall–Kier alpha value is -1.77. The van der Waals surface area contributed by atoms with Gasteiger partial charge >= 0.3 is 0 Å². The van der Waals surface area contributed by atoms with E-state index in [1.807, 2.05) is 19.1 Å². The van der Waals surface area contributed by atoms with E-state index in [0.29, 0.717) is 0 Å². The second kappa shape index (κ2) is 11.0. The minimum atomic E-state index is 0.718. The van der Waals surface area contributed by atoms with Crippen molar-refractivity contribution in [3.63, 3.8) is 0 Å². The highest BCUT2D eigenvalue weighted by molar-refractivity contribution is 5.52. The molecule has 0 aliphatic heterocycles. The number of unbranched alkanes of at least 4 members (excludes halogenated alkanes) is 5. The van der Waals surface area contributed by atoms with Gasteiger partial charge in [-0.3, -0.25) is 4.98 Å². The highest BCUT2D eigenvalue weighted by Crippen LogP contribution is 2.11. The van der Waals surface area contributed by atoms with E-state index >= 15 is 0 Å². The molecule has 0 atom stereocenters. The maximum absolute atomic E-state index is 4.18. The van der Waals surface area contributed by atoms with Crippen LogP contribution in [0.4, 0.5) is 0 Å². The summed E-state index contributed by atoms with van der Waals surface area (Å²) in [5.74, 6) is 0.718. The molecule has 0 unspecified atom stereocenters. The third-order valence-electron chi connectivity index (χ3n) is 3.19. The maximum Gasteiger partial charge on any atom is 0.160 e. The van der Waals surface area contributed by atoms with Crippen molar-refractivity contribution in [2.24, 2.45) is 0 Å². The fourth-order valence-electron chi connectivity index (χ4n) is 1.90. The van der Waals surface area contributed by atoms with E-state index in [9.17, 15) is 0 Å². The molecule has 0 aliphatic carbocycles. The van der Waals surface area contributed by atoms with Crippen LogP contribution in [0.5, 0.6) is 0 Å². The molecule has 0 aliphatic rings. The van der Waals surface area contributed by atoms with Gasteiger partial charge in [0.05, 0.1) is 0 Å². The van der Waals surface area contributed by atoms with Gasteiger partial charge in [-0.15, -0.1) is 0 Å². The number of hydrogen-bond acceptors (Lipinski definition) is 3. The van der Waals surface area contributed by atoms with Crippen LogP contribution in [0.15, 0.2) is 36.8 Å². The van der Waals surface area contributed by atoms with Gasteiger partial charge < -0.3 is 0 Å². The summed E-state index contributed by atoms with van der Waals surface area (Å²) in [7, 11) is 0. The number of nitrogens with zero attached hydrogens (tertiary/aromatic N) is 3. The van der Waals surface area contributed by atoms with Gasteiger partial charge in [-0.1, -0.05) is 52.4 Å². The standard InChI is InChI=1S/C10H9N3.C8H18/c1-8-3-4-9(7-13-8)10-11-5-2-6-12-10;1-3-5-7-8-6-4-2/h2-7H,1H3;3-8H2,1-2H3. The quantitative estimate of drug-likeness (QED) is 0.683. The largest absolute Gasteiger partial charge is 0.261 e. The summed E-state index contributed by atoms with van der Waals surface area (Å²) >= 11 is 0. The Balaban J connectivity index is 0.000000240. The van der Waals surface area contributed by atoms with Gasteiger partial charge in [0.1, 0.15) is 0 Å². The molecule has 0 saturated heterocycles. The van der Waals surface area contributed by atoms with Gasteiger partial charge in [-0.05, 0) is 25.1 Å². The van der Waals surface area contributed by atoms with E-state index < -0.39 is 0 Å². The van der Waals surface area contributed by atoms with E-state index in [1.54, 1.807) is 24.7 Å². The second-order valence-corrected chi connectivity index (χ2v) is 5.17. The van der Waals surface area contributed by atoms with E-state index in [-0.39, 0.29) is 0 Å². The zero-order valence-electron chi connectivity index (χ0n) is 13.5. The first kappa shape index (κ1) is 17.3. The summed E-state index contributed by atoms with van der Waals surface area (Å²) in [6.07, 6.45) is 13.7. The van der Waals surface area contributed by atoms with Gasteiger partial charge in [0.15, 0.2) is 5.82 Å². The lowest BCUT2D eigenvalue weighted by atomic mass is 10.1. The van der Waals surface area contributed by atoms with Crippen molar-refractivity contribution in [1.82, 2.24) is 15.0 Å². The molecular formula is C18H27N3. The molecule has 2 heterocycles. The van der Waals surface area contributed by atoms with Crippen LogP contribution in [0.25, 0.3) is 11.4 Å². The van der Waals surface area contributed by atoms with Crippen molar-refractivity contribution in [3.05, 3.63) is 42.5 Å². The first-order valence-electron chi connectivity index (χ1n) is 7.98. The minimum Gasteiger partial charge on any atom is -0.261 e. The molecule has 2 rings (SSSR count). The summed E-state index contributed by atoms with van der Waals surface area (Å²) in [5.41, 5.74) is 1.95. The Morgan fingerprint density at radius 1 is 0.810 bits per heavy atom. The number of aromatic nitrogens is 3. The van der Waals surface area contributed by atoms with Gasteiger partial charge in [0.2, 0.25) is 0 Å². The van der Waals surface area contributed by atoms with E-state index in [1.165, 1.54) is 38.5 Å². The molecule has 2 aromatic heterocycles. The Bertz CT molecular complexity index is 460. The van der Waals surface area contributed by atoms with E-state index in [2.05, 4.69) is 28.8 Å². The fraction of sp³-hybridized carbons (Fsp3) is 0.500. The smallest absolute Gasteiger partial charge is 0.160 e. The first-order chi connectivity index (χ1) is 10.3. The molecule has 0 bridgehead atoms. The van der Waals surface area contributed by atoms with Crippen LogP contribution in [0.2, 0.25) is 0 Å². The lowest BCUT2D eigenvalue weighted by molar-refractivity contribution is 0.624. The monoisotopic (exact) mass is 285 g/mol. The topological polar surface area (TPSA) is 38.7 Å². The van der Waals surface area contributed by atoms with Crippen LogP contribution in [0, 0.1) is 6.92 Å². The normalized spacial score (nSPS) is 9.86. The van der Waals surface area contributed by atoms with E-state index in [4.69, 9.17) is 0 Å². The van der Waals surface area contributed by atoms with Crippen LogP contribution >= 0.6 is 0 Å². The van der Waals surface area contributed by atoms with Crippen LogP contribution in [-0.2, 0) is 0 Å². The lowest BCUT2D eigenvalue weighted by Crippen LogP contribution is -1.88. The molecule has 2 aromatic rings. The highest BCUT2D eigenvalue weighted by atomic mass is 14.9. The lowest BCUT2D eigenvalue weighted by Gasteiger charge is -1.97. The molecule has 0 N–H and O–H groups in total. The van der Waals surface area contributed by atoms with Crippen molar-refractivity contribution in [1.29, 1.82) is 0 Å². The Kier molecular flexibility index (Phi) is 9.01. The molecule has 0 fully saturated rings. The molecule has 0 amide bonds.